The van der Waals surface area contributed by atoms with Gasteiger partial charge < -0.3 is 30.4 Å². The Hall–Kier alpha value is -6.84. The number of fused-ring (bicyclic) bond motifs is 2. The van der Waals surface area contributed by atoms with E-state index in [1.54, 1.807) is 12.4 Å². The molecule has 0 radical (unpaired) electrons. The molecular formula is C40H44N16. The van der Waals surface area contributed by atoms with Crippen molar-refractivity contribution in [3.05, 3.63) is 108 Å². The van der Waals surface area contributed by atoms with Crippen molar-refractivity contribution < 1.29 is 0 Å². The number of rotatable bonds is 12. The minimum absolute atomic E-state index is 0.0291. The zero-order valence-corrected chi connectivity index (χ0v) is 31.7. The van der Waals surface area contributed by atoms with Gasteiger partial charge in [0.2, 0.25) is 11.9 Å². The Morgan fingerprint density at radius 2 is 1.02 bits per heavy atom. The zero-order valence-electron chi connectivity index (χ0n) is 31.7. The molecule has 16 heteroatoms. The number of nitrogens with one attached hydrogen (secondary N) is 6. The topological polar surface area (TPSA) is 197 Å². The molecule has 2 saturated carbocycles. The predicted octanol–water partition coefficient (Wildman–Crippen LogP) is 7.79. The lowest BCUT2D eigenvalue weighted by atomic mass is 10.2. The highest BCUT2D eigenvalue weighted by Gasteiger charge is 2.27. The molecule has 8 aromatic heterocycles. The summed E-state index contributed by atoms with van der Waals surface area (Å²) in [4.78, 5) is 38.0. The lowest BCUT2D eigenvalue weighted by molar-refractivity contribution is 0.697. The van der Waals surface area contributed by atoms with Crippen LogP contribution in [0.25, 0.3) is 22.1 Å². The first-order valence-corrected chi connectivity index (χ1v) is 19.0. The largest absolute Gasteiger partial charge is 0.360 e. The summed E-state index contributed by atoms with van der Waals surface area (Å²) in [5.41, 5.74) is 8.30. The van der Waals surface area contributed by atoms with Crippen LogP contribution in [0.5, 0.6) is 0 Å². The Labute approximate surface area is 323 Å². The highest BCUT2D eigenvalue weighted by molar-refractivity contribution is 5.75. The third kappa shape index (κ3) is 7.58. The fourth-order valence-corrected chi connectivity index (χ4v) is 6.56. The number of pyridine rings is 2. The summed E-state index contributed by atoms with van der Waals surface area (Å²) in [6.45, 7) is 4.19. The minimum atomic E-state index is 0.0291. The highest BCUT2D eigenvalue weighted by atomic mass is 15.3. The van der Waals surface area contributed by atoms with Crippen LogP contribution in [-0.2, 0) is 0 Å². The normalized spacial score (nSPS) is 14.9. The molecular weight excluding hydrogens is 705 g/mol. The molecule has 0 unspecified atom stereocenters. The van der Waals surface area contributed by atoms with E-state index in [1.807, 2.05) is 72.7 Å². The molecule has 0 bridgehead atoms. The van der Waals surface area contributed by atoms with Gasteiger partial charge in [0, 0.05) is 74.2 Å². The Bertz CT molecular complexity index is 2400. The van der Waals surface area contributed by atoms with Crippen LogP contribution in [0.4, 0.5) is 35.2 Å². The van der Waals surface area contributed by atoms with Gasteiger partial charge in [-0.2, -0.15) is 20.2 Å². The first-order valence-electron chi connectivity index (χ1n) is 19.0. The van der Waals surface area contributed by atoms with Crippen molar-refractivity contribution in [1.82, 2.24) is 60.3 Å². The van der Waals surface area contributed by atoms with Gasteiger partial charge in [0.1, 0.15) is 11.6 Å². The van der Waals surface area contributed by atoms with Crippen molar-refractivity contribution in [3.63, 3.8) is 0 Å². The molecule has 8 heterocycles. The van der Waals surface area contributed by atoms with Gasteiger partial charge in [-0.15, -0.1) is 0 Å². The number of hydrogen-bond donors (Lipinski definition) is 6. The average molecular weight is 749 g/mol. The van der Waals surface area contributed by atoms with E-state index in [1.165, 1.54) is 37.1 Å². The summed E-state index contributed by atoms with van der Waals surface area (Å²) >= 11 is 0. The molecule has 0 saturated heterocycles. The van der Waals surface area contributed by atoms with Crippen LogP contribution in [0, 0.1) is 0 Å². The molecule has 0 spiro atoms. The lowest BCUT2D eigenvalue weighted by Gasteiger charge is -2.24. The summed E-state index contributed by atoms with van der Waals surface area (Å²) in [5, 5.41) is 21.4. The van der Waals surface area contributed by atoms with Gasteiger partial charge in [0.25, 0.3) is 0 Å². The Balaban J connectivity index is 0.000000146. The van der Waals surface area contributed by atoms with E-state index in [0.29, 0.717) is 35.4 Å². The van der Waals surface area contributed by atoms with E-state index in [0.717, 1.165) is 45.1 Å². The van der Waals surface area contributed by atoms with Gasteiger partial charge in [-0.05, 0) is 88.1 Å². The monoisotopic (exact) mass is 748 g/mol. The van der Waals surface area contributed by atoms with Gasteiger partial charge >= 0.3 is 0 Å². The fourth-order valence-electron chi connectivity index (χ4n) is 6.56. The van der Waals surface area contributed by atoms with Crippen molar-refractivity contribution in [2.45, 2.75) is 63.5 Å². The molecule has 6 N–H and O–H groups in total. The molecule has 0 amide bonds. The molecule has 16 nitrogen and oxygen atoms in total. The van der Waals surface area contributed by atoms with Gasteiger partial charge in [-0.3, -0.25) is 10.2 Å². The second kappa shape index (κ2) is 14.8. The summed E-state index contributed by atoms with van der Waals surface area (Å²) in [5.74, 6) is 5.53. The lowest BCUT2D eigenvalue weighted by Crippen LogP contribution is -2.24. The van der Waals surface area contributed by atoms with E-state index >= 15 is 0 Å². The van der Waals surface area contributed by atoms with Gasteiger partial charge in [0.05, 0.1) is 45.5 Å². The van der Waals surface area contributed by atoms with Crippen LogP contribution in [-0.4, -0.2) is 74.4 Å². The van der Waals surface area contributed by atoms with Crippen LogP contribution in [0.2, 0.25) is 0 Å². The quantitative estimate of drug-likeness (QED) is 0.0711. The number of aromatic amines is 4. The van der Waals surface area contributed by atoms with E-state index in [9.17, 15) is 0 Å². The summed E-state index contributed by atoms with van der Waals surface area (Å²) in [7, 11) is 3.96. The van der Waals surface area contributed by atoms with Gasteiger partial charge in [0.15, 0.2) is 11.6 Å². The second-order valence-electron chi connectivity index (χ2n) is 14.6. The van der Waals surface area contributed by atoms with Crippen molar-refractivity contribution in [2.75, 3.05) is 34.5 Å². The number of H-pyrrole nitrogens is 4. The first-order chi connectivity index (χ1) is 27.3. The maximum Gasteiger partial charge on any atom is 0.227 e. The van der Waals surface area contributed by atoms with Gasteiger partial charge in [-0.1, -0.05) is 0 Å². The standard InChI is InChI=1S/2C20H22N8/c2*1-12(14-5-6-15-16(23-14)7-9-21-15)28(2)20-22-10-8-18(25-20)24-19-11-17(26-27-19)13-3-4-13/h2*5-13,21H,3-4H2,1-2H3,(H2,22,24,25,26,27)/t2*12-/m10/s1. The van der Waals surface area contributed by atoms with E-state index < -0.39 is 0 Å². The van der Waals surface area contributed by atoms with Crippen molar-refractivity contribution in [1.29, 1.82) is 0 Å². The highest BCUT2D eigenvalue weighted by Crippen LogP contribution is 2.40. The molecule has 0 aliphatic heterocycles. The Morgan fingerprint density at radius 3 is 1.45 bits per heavy atom. The van der Waals surface area contributed by atoms with Crippen LogP contribution < -0.4 is 20.4 Å². The van der Waals surface area contributed by atoms with Crippen LogP contribution >= 0.6 is 0 Å². The number of anilines is 6. The van der Waals surface area contributed by atoms with Crippen LogP contribution in [0.15, 0.2) is 85.5 Å². The average Bonchev–Trinajstić information content (AvgIpc) is 4.01. The molecule has 8 aromatic rings. The van der Waals surface area contributed by atoms with Crippen molar-refractivity contribution in [2.24, 2.45) is 0 Å². The number of hydrogen-bond acceptors (Lipinski definition) is 12. The number of aromatic nitrogens is 12. The molecule has 2 aliphatic carbocycles. The maximum atomic E-state index is 4.74. The minimum Gasteiger partial charge on any atom is -0.360 e. The predicted molar refractivity (Wildman–Crippen MR) is 218 cm³/mol. The van der Waals surface area contributed by atoms with Crippen molar-refractivity contribution >= 4 is 57.2 Å². The molecule has 10 rings (SSSR count). The van der Waals surface area contributed by atoms with Crippen LogP contribution in [0.3, 0.4) is 0 Å². The Morgan fingerprint density at radius 1 is 0.571 bits per heavy atom. The molecule has 2 atom stereocenters. The molecule has 2 aliphatic rings. The molecule has 284 valence electrons. The molecule has 0 aromatic carbocycles. The summed E-state index contributed by atoms with van der Waals surface area (Å²) in [6.07, 6.45) is 12.3. The summed E-state index contributed by atoms with van der Waals surface area (Å²) in [6, 6.07) is 20.0. The van der Waals surface area contributed by atoms with Gasteiger partial charge in [-0.25, -0.2) is 19.9 Å². The SMILES string of the molecule is C[C@@H](c1ccc2[nH]ccc2n1)N(C)c1nccc(Nc2cc(C3CC3)[nH]n2)n1.C[C@H](c1ccc2[nH]ccc2n1)N(C)c1nccc(Nc2cc(C3CC3)[nH]n2)n1. The fraction of sp³-hybridized carbons (Fsp3) is 0.300. The first kappa shape index (κ1) is 34.9. The van der Waals surface area contributed by atoms with Crippen LogP contribution in [0.1, 0.15) is 86.2 Å². The van der Waals surface area contributed by atoms with E-state index in [4.69, 9.17) is 9.97 Å². The van der Waals surface area contributed by atoms with E-state index in [-0.39, 0.29) is 12.1 Å². The zero-order chi connectivity index (χ0) is 38.2. The third-order valence-electron chi connectivity index (χ3n) is 10.5. The van der Waals surface area contributed by atoms with Crippen molar-refractivity contribution in [3.8, 4) is 0 Å². The Kier molecular flexibility index (Phi) is 9.20. The summed E-state index contributed by atoms with van der Waals surface area (Å²) < 4.78 is 0. The molecule has 56 heavy (non-hydrogen) atoms. The number of nitrogens with zero attached hydrogens (tertiary/aromatic N) is 10. The van der Waals surface area contributed by atoms with E-state index in [2.05, 4.69) is 99.0 Å². The third-order valence-corrected chi connectivity index (χ3v) is 10.5. The smallest absolute Gasteiger partial charge is 0.227 e. The maximum absolute atomic E-state index is 4.74. The molecule has 2 fully saturated rings. The second-order valence-corrected chi connectivity index (χ2v) is 14.6.